The van der Waals surface area contributed by atoms with Crippen molar-refractivity contribution in [2.75, 3.05) is 0 Å². The topological polar surface area (TPSA) is 17.1 Å². The molecule has 1 heteroatoms. The maximum Gasteiger partial charge on any atom is 0.159 e. The summed E-state index contributed by atoms with van der Waals surface area (Å²) in [7, 11) is 0. The van der Waals surface area contributed by atoms with Gasteiger partial charge in [0, 0.05) is 6.42 Å². The third kappa shape index (κ3) is 0.769. The van der Waals surface area contributed by atoms with Crippen LogP contribution in [0.15, 0.2) is 11.1 Å². The zero-order chi connectivity index (χ0) is 9.09. The van der Waals surface area contributed by atoms with E-state index in [1.165, 1.54) is 5.57 Å². The molecule has 2 fully saturated rings. The number of rotatable bonds is 0. The lowest BCUT2D eigenvalue weighted by Crippen LogP contribution is -2.08. The highest BCUT2D eigenvalue weighted by atomic mass is 16.1. The van der Waals surface area contributed by atoms with Gasteiger partial charge < -0.3 is 0 Å². The molecule has 66 valence electrons. The molecule has 0 aromatic rings. The summed E-state index contributed by atoms with van der Waals surface area (Å²) < 4.78 is 0. The van der Waals surface area contributed by atoms with Gasteiger partial charge in [-0.05, 0) is 36.7 Å². The molecule has 0 heterocycles. The third-order valence-corrected chi connectivity index (χ3v) is 3.61. The van der Waals surface area contributed by atoms with Crippen LogP contribution in [-0.4, -0.2) is 5.78 Å². The van der Waals surface area contributed by atoms with Gasteiger partial charge >= 0.3 is 0 Å². The van der Waals surface area contributed by atoms with Gasteiger partial charge in [-0.15, -0.1) is 0 Å². The first-order chi connectivity index (χ1) is 5.46. The molecule has 2 aliphatic carbocycles. The minimum Gasteiger partial charge on any atom is -0.295 e. The molecule has 2 saturated carbocycles. The smallest absolute Gasteiger partial charge is 0.159 e. The third-order valence-electron chi connectivity index (χ3n) is 3.61. The van der Waals surface area contributed by atoms with Gasteiger partial charge in [0.05, 0.1) is 0 Å². The Labute approximate surface area is 73.8 Å². The first-order valence-electron chi connectivity index (χ1n) is 4.67. The van der Waals surface area contributed by atoms with E-state index in [1.54, 1.807) is 0 Å². The number of allylic oxidation sites excluding steroid dienone is 2. The second-order valence-corrected chi connectivity index (χ2v) is 4.95. The van der Waals surface area contributed by atoms with Crippen LogP contribution in [0.5, 0.6) is 0 Å². The Morgan fingerprint density at radius 3 is 2.33 bits per heavy atom. The van der Waals surface area contributed by atoms with E-state index in [1.807, 2.05) is 0 Å². The van der Waals surface area contributed by atoms with Crippen molar-refractivity contribution in [2.24, 2.45) is 17.3 Å². The minimum atomic E-state index is 0.407. The van der Waals surface area contributed by atoms with Crippen molar-refractivity contribution in [1.82, 2.24) is 0 Å². The Morgan fingerprint density at radius 1 is 1.42 bits per heavy atom. The Bertz CT molecular complexity index is 279. The fourth-order valence-electron chi connectivity index (χ4n) is 2.77. The number of ketones is 1. The van der Waals surface area contributed by atoms with Gasteiger partial charge in [0.1, 0.15) is 0 Å². The number of Topliss-reactive ketones (excluding diaryl/α,β-unsaturated/α-hetero) is 1. The number of hydrogen-bond donors (Lipinski definition) is 0. The van der Waals surface area contributed by atoms with Crippen molar-refractivity contribution < 1.29 is 4.79 Å². The van der Waals surface area contributed by atoms with Gasteiger partial charge in [-0.3, -0.25) is 4.79 Å². The van der Waals surface area contributed by atoms with E-state index >= 15 is 0 Å². The summed E-state index contributed by atoms with van der Waals surface area (Å²) in [6, 6.07) is 0. The summed E-state index contributed by atoms with van der Waals surface area (Å²) in [5.74, 6) is 1.66. The van der Waals surface area contributed by atoms with E-state index in [-0.39, 0.29) is 0 Å². The quantitative estimate of drug-likeness (QED) is 0.503. The van der Waals surface area contributed by atoms with Crippen molar-refractivity contribution in [1.29, 1.82) is 0 Å². The van der Waals surface area contributed by atoms with E-state index in [4.69, 9.17) is 0 Å². The fraction of sp³-hybridized carbons (Fsp3) is 0.727. The first-order valence-corrected chi connectivity index (χ1v) is 4.67. The summed E-state index contributed by atoms with van der Waals surface area (Å²) >= 11 is 0. The van der Waals surface area contributed by atoms with E-state index in [2.05, 4.69) is 27.7 Å². The molecule has 0 N–H and O–H groups in total. The van der Waals surface area contributed by atoms with Crippen LogP contribution in [-0.2, 0) is 4.79 Å². The van der Waals surface area contributed by atoms with Crippen LogP contribution in [0, 0.1) is 17.3 Å². The maximum absolute atomic E-state index is 11.5. The second kappa shape index (κ2) is 2.01. The number of carbonyl (C=O) groups excluding carboxylic acids is 1. The molecule has 2 atom stereocenters. The Balaban J connectivity index is 2.37. The molecule has 0 bridgehead atoms. The highest BCUT2D eigenvalue weighted by Crippen LogP contribution is 2.68. The molecule has 0 aromatic carbocycles. The highest BCUT2D eigenvalue weighted by molar-refractivity contribution is 6.01. The molecular formula is C11H16O. The summed E-state index contributed by atoms with van der Waals surface area (Å²) in [5.41, 5.74) is 2.80. The molecule has 0 aliphatic heterocycles. The molecule has 2 aliphatic rings. The van der Waals surface area contributed by atoms with Crippen molar-refractivity contribution >= 4 is 5.78 Å². The van der Waals surface area contributed by atoms with Crippen molar-refractivity contribution in [3.05, 3.63) is 11.1 Å². The summed E-state index contributed by atoms with van der Waals surface area (Å²) in [5, 5.41) is 0. The van der Waals surface area contributed by atoms with Crippen molar-refractivity contribution in [3.63, 3.8) is 0 Å². The van der Waals surface area contributed by atoms with Crippen LogP contribution in [0.4, 0.5) is 0 Å². The maximum atomic E-state index is 11.5. The lowest BCUT2D eigenvalue weighted by Gasteiger charge is -2.10. The highest BCUT2D eigenvalue weighted by Gasteiger charge is 2.64. The molecule has 0 spiro atoms. The minimum absolute atomic E-state index is 0.407. The van der Waals surface area contributed by atoms with Crippen LogP contribution in [0.1, 0.15) is 34.1 Å². The first kappa shape index (κ1) is 8.03. The molecule has 0 saturated heterocycles. The summed E-state index contributed by atoms with van der Waals surface area (Å²) in [6.07, 6.45) is 0.804. The number of hydrogen-bond acceptors (Lipinski definition) is 1. The molecule has 0 amide bonds. The number of carbonyl (C=O) groups is 1. The van der Waals surface area contributed by atoms with Crippen LogP contribution >= 0.6 is 0 Å². The average Bonchev–Trinajstić information content (AvgIpc) is 2.40. The fourth-order valence-corrected chi connectivity index (χ4v) is 2.77. The second-order valence-electron chi connectivity index (χ2n) is 4.95. The SMILES string of the molecule is CC(C)=C1C(=O)CC2C1C2(C)C. The predicted octanol–water partition coefficient (Wildman–Crippen LogP) is 2.57. The lowest BCUT2D eigenvalue weighted by molar-refractivity contribution is -0.115. The van der Waals surface area contributed by atoms with E-state index < -0.39 is 0 Å². The molecule has 12 heavy (non-hydrogen) atoms. The van der Waals surface area contributed by atoms with Gasteiger partial charge in [-0.1, -0.05) is 19.4 Å². The largest absolute Gasteiger partial charge is 0.295 e. The Kier molecular flexibility index (Phi) is 1.35. The van der Waals surface area contributed by atoms with Crippen molar-refractivity contribution in [3.8, 4) is 0 Å². The molecular weight excluding hydrogens is 148 g/mol. The van der Waals surface area contributed by atoms with Gasteiger partial charge in [0.25, 0.3) is 0 Å². The lowest BCUT2D eigenvalue weighted by atomic mass is 9.94. The van der Waals surface area contributed by atoms with Crippen LogP contribution in [0.25, 0.3) is 0 Å². The zero-order valence-corrected chi connectivity index (χ0v) is 8.27. The molecule has 1 nitrogen and oxygen atoms in total. The zero-order valence-electron chi connectivity index (χ0n) is 8.27. The van der Waals surface area contributed by atoms with Crippen LogP contribution in [0.3, 0.4) is 0 Å². The standard InChI is InChI=1S/C11H16O/c1-6(2)9-8(12)5-7-10(9)11(7,3)4/h7,10H,5H2,1-4H3. The van der Waals surface area contributed by atoms with Gasteiger partial charge in [-0.2, -0.15) is 0 Å². The normalized spacial score (nSPS) is 36.7. The predicted molar refractivity (Wildman–Crippen MR) is 48.8 cm³/mol. The molecule has 2 rings (SSSR count). The van der Waals surface area contributed by atoms with Gasteiger partial charge in [-0.25, -0.2) is 0 Å². The van der Waals surface area contributed by atoms with E-state index in [0.717, 1.165) is 12.0 Å². The van der Waals surface area contributed by atoms with Crippen LogP contribution in [0.2, 0.25) is 0 Å². The van der Waals surface area contributed by atoms with Gasteiger partial charge in [0.2, 0.25) is 0 Å². The van der Waals surface area contributed by atoms with E-state index in [9.17, 15) is 4.79 Å². The summed E-state index contributed by atoms with van der Waals surface area (Å²) in [4.78, 5) is 11.5. The molecule has 0 radical (unpaired) electrons. The molecule has 0 aromatic heterocycles. The summed E-state index contributed by atoms with van der Waals surface area (Å²) in [6.45, 7) is 8.67. The average molecular weight is 164 g/mol. The van der Waals surface area contributed by atoms with E-state index in [0.29, 0.717) is 23.0 Å². The Hall–Kier alpha value is -0.590. The monoisotopic (exact) mass is 164 g/mol. The van der Waals surface area contributed by atoms with Crippen LogP contribution < -0.4 is 0 Å². The van der Waals surface area contributed by atoms with Crippen molar-refractivity contribution in [2.45, 2.75) is 34.1 Å². The number of fused-ring (bicyclic) bond motifs is 1. The molecule has 2 unspecified atom stereocenters. The Morgan fingerprint density at radius 2 is 2.00 bits per heavy atom. The van der Waals surface area contributed by atoms with Gasteiger partial charge in [0.15, 0.2) is 5.78 Å².